The van der Waals surface area contributed by atoms with Gasteiger partial charge in [-0.2, -0.15) is 5.26 Å². The number of furan rings is 1. The predicted molar refractivity (Wildman–Crippen MR) is 160 cm³/mol. The van der Waals surface area contributed by atoms with Crippen LogP contribution in [-0.2, 0) is 6.61 Å². The first-order valence-electron chi connectivity index (χ1n) is 12.5. The molecular weight excluding hydrogens is 568 g/mol. The van der Waals surface area contributed by atoms with E-state index >= 15 is 0 Å². The molecule has 1 heterocycles. The molecule has 0 atom stereocenters. The van der Waals surface area contributed by atoms with Gasteiger partial charge in [0.25, 0.3) is 0 Å². The lowest BCUT2D eigenvalue weighted by molar-refractivity contribution is 0.304. The van der Waals surface area contributed by atoms with Crippen LogP contribution >= 0.6 is 15.9 Å². The molecule has 40 heavy (non-hydrogen) atoms. The lowest BCUT2D eigenvalue weighted by atomic mass is 9.98. The Kier molecular flexibility index (Phi) is 8.29. The van der Waals surface area contributed by atoms with Gasteiger partial charge in [-0.05, 0) is 87.2 Å². The second kappa shape index (κ2) is 12.4. The lowest BCUT2D eigenvalue weighted by Gasteiger charge is -2.08. The molecule has 0 aliphatic rings. The minimum absolute atomic E-state index is 0.222. The highest BCUT2D eigenvalue weighted by atomic mass is 79.9. The number of halogens is 1. The van der Waals surface area contributed by atoms with Gasteiger partial charge in [0.05, 0.1) is 18.7 Å². The molecule has 7 heteroatoms. The smallest absolute Gasteiger partial charge is 0.238 e. The number of benzene rings is 4. The van der Waals surface area contributed by atoms with Gasteiger partial charge in [0.15, 0.2) is 0 Å². The van der Waals surface area contributed by atoms with E-state index in [1.54, 1.807) is 20.4 Å². The highest BCUT2D eigenvalue weighted by Crippen LogP contribution is 2.43. The van der Waals surface area contributed by atoms with E-state index < -0.39 is 0 Å². The highest BCUT2D eigenvalue weighted by Gasteiger charge is 2.23. The zero-order valence-corrected chi connectivity index (χ0v) is 23.5. The summed E-state index contributed by atoms with van der Waals surface area (Å²) in [7, 11) is 3.23. The largest absolute Gasteiger partial charge is 0.497 e. The van der Waals surface area contributed by atoms with E-state index in [0.29, 0.717) is 23.5 Å². The molecule has 5 aromatic rings. The summed E-state index contributed by atoms with van der Waals surface area (Å²) in [6.07, 6.45) is 1.67. The molecule has 0 aliphatic carbocycles. The van der Waals surface area contributed by atoms with Crippen LogP contribution in [0.5, 0.6) is 17.2 Å². The SMILES string of the molecule is COc1ccc(-c2oc(N=Cc3ccc(OCc4ccccc4)c(Br)c3)c(C#N)c2-c2ccc(OC)cc2)cc1. The first-order chi connectivity index (χ1) is 19.6. The van der Waals surface area contributed by atoms with Crippen molar-refractivity contribution in [3.05, 3.63) is 118 Å². The molecule has 4 aromatic carbocycles. The van der Waals surface area contributed by atoms with Gasteiger partial charge in [0.2, 0.25) is 5.88 Å². The Labute approximate surface area is 241 Å². The topological polar surface area (TPSA) is 77.0 Å². The fraction of sp³-hybridized carbons (Fsp3) is 0.0909. The zero-order valence-electron chi connectivity index (χ0n) is 21.9. The molecule has 198 valence electrons. The van der Waals surface area contributed by atoms with Crippen LogP contribution in [0.4, 0.5) is 5.88 Å². The van der Waals surface area contributed by atoms with E-state index in [1.165, 1.54) is 0 Å². The van der Waals surface area contributed by atoms with E-state index in [1.807, 2.05) is 97.1 Å². The average Bonchev–Trinajstić information content (AvgIpc) is 3.38. The fourth-order valence-electron chi connectivity index (χ4n) is 4.18. The van der Waals surface area contributed by atoms with E-state index in [-0.39, 0.29) is 5.88 Å². The van der Waals surface area contributed by atoms with Gasteiger partial charge in [-0.25, -0.2) is 4.99 Å². The van der Waals surface area contributed by atoms with Crippen molar-refractivity contribution in [2.45, 2.75) is 6.61 Å². The third-order valence-corrected chi connectivity index (χ3v) is 6.88. The summed E-state index contributed by atoms with van der Waals surface area (Å²) >= 11 is 3.59. The predicted octanol–water partition coefficient (Wildman–Crippen LogP) is 8.59. The molecule has 0 aliphatic heterocycles. The van der Waals surface area contributed by atoms with Gasteiger partial charge < -0.3 is 18.6 Å². The molecule has 0 N–H and O–H groups in total. The molecule has 1 aromatic heterocycles. The Morgan fingerprint density at radius 1 is 0.850 bits per heavy atom. The summed E-state index contributed by atoms with van der Waals surface area (Å²) in [6, 6.07) is 33.0. The summed E-state index contributed by atoms with van der Waals surface area (Å²) in [4.78, 5) is 4.59. The van der Waals surface area contributed by atoms with Crippen molar-refractivity contribution in [2.24, 2.45) is 4.99 Å². The van der Waals surface area contributed by atoms with E-state index in [9.17, 15) is 5.26 Å². The summed E-state index contributed by atoms with van der Waals surface area (Å²) in [6.45, 7) is 0.465. The van der Waals surface area contributed by atoms with Gasteiger partial charge >= 0.3 is 0 Å². The van der Waals surface area contributed by atoms with Crippen LogP contribution in [0.1, 0.15) is 16.7 Å². The third-order valence-electron chi connectivity index (χ3n) is 6.26. The van der Waals surface area contributed by atoms with Crippen molar-refractivity contribution in [1.29, 1.82) is 5.26 Å². The first-order valence-corrected chi connectivity index (χ1v) is 13.2. The molecule has 0 saturated heterocycles. The van der Waals surface area contributed by atoms with Gasteiger partial charge in [0.1, 0.15) is 41.2 Å². The molecule has 5 rings (SSSR count). The molecule has 0 bridgehead atoms. The van der Waals surface area contributed by atoms with E-state index in [0.717, 1.165) is 44.0 Å². The molecule has 0 spiro atoms. The number of hydrogen-bond acceptors (Lipinski definition) is 6. The molecule has 0 amide bonds. The van der Waals surface area contributed by atoms with Gasteiger partial charge in [-0.15, -0.1) is 0 Å². The van der Waals surface area contributed by atoms with Crippen molar-refractivity contribution < 1.29 is 18.6 Å². The fourth-order valence-corrected chi connectivity index (χ4v) is 4.69. The number of methoxy groups -OCH3 is 2. The second-order valence-electron chi connectivity index (χ2n) is 8.78. The van der Waals surface area contributed by atoms with Crippen LogP contribution in [0, 0.1) is 11.3 Å². The molecule has 0 saturated carbocycles. The standard InChI is InChI=1S/C33H25BrN2O4/c1-37-26-13-9-24(10-14-26)31-28(19-35)33(40-32(31)25-11-15-27(38-2)16-12-25)36-20-23-8-17-30(29(34)18-23)39-21-22-6-4-3-5-7-22/h3-18,20H,21H2,1-2H3. The van der Waals surface area contributed by atoms with Crippen molar-refractivity contribution in [1.82, 2.24) is 0 Å². The summed E-state index contributed by atoms with van der Waals surface area (Å²) in [5, 5.41) is 10.2. The number of aliphatic imine (C=N–C) groups is 1. The Hall–Kier alpha value is -4.80. The monoisotopic (exact) mass is 592 g/mol. The highest BCUT2D eigenvalue weighted by molar-refractivity contribution is 9.10. The summed E-state index contributed by atoms with van der Waals surface area (Å²) < 4.78 is 23.6. The Morgan fingerprint density at radius 3 is 2.10 bits per heavy atom. The first kappa shape index (κ1) is 26.8. The van der Waals surface area contributed by atoms with Crippen molar-refractivity contribution >= 4 is 28.0 Å². The number of ether oxygens (including phenoxy) is 3. The molecule has 6 nitrogen and oxygen atoms in total. The Bertz CT molecular complexity index is 1670. The van der Waals surface area contributed by atoms with Crippen LogP contribution in [-0.4, -0.2) is 20.4 Å². The lowest BCUT2D eigenvalue weighted by Crippen LogP contribution is -1.96. The van der Waals surface area contributed by atoms with Gasteiger partial charge in [-0.3, -0.25) is 0 Å². The molecule has 0 fully saturated rings. The maximum Gasteiger partial charge on any atom is 0.238 e. The molecule has 0 radical (unpaired) electrons. The number of hydrogen-bond donors (Lipinski definition) is 0. The van der Waals surface area contributed by atoms with Crippen LogP contribution in [0.25, 0.3) is 22.5 Å². The number of nitrogens with zero attached hydrogens (tertiary/aromatic N) is 2. The maximum absolute atomic E-state index is 10.2. The Morgan fingerprint density at radius 2 is 1.50 bits per heavy atom. The average molecular weight is 593 g/mol. The Balaban J connectivity index is 1.48. The van der Waals surface area contributed by atoms with Crippen LogP contribution in [0.2, 0.25) is 0 Å². The van der Waals surface area contributed by atoms with Crippen molar-refractivity contribution in [3.8, 4) is 45.8 Å². The molecule has 0 unspecified atom stereocenters. The summed E-state index contributed by atoms with van der Waals surface area (Å²) in [5.41, 5.74) is 4.52. The van der Waals surface area contributed by atoms with Crippen LogP contribution in [0.15, 0.2) is 111 Å². The van der Waals surface area contributed by atoms with Crippen LogP contribution in [0.3, 0.4) is 0 Å². The number of rotatable bonds is 9. The summed E-state index contributed by atoms with van der Waals surface area (Å²) in [5.74, 6) is 2.93. The zero-order chi connectivity index (χ0) is 27.9. The number of nitriles is 1. The van der Waals surface area contributed by atoms with E-state index in [4.69, 9.17) is 18.6 Å². The maximum atomic E-state index is 10.2. The third kappa shape index (κ3) is 5.93. The van der Waals surface area contributed by atoms with Crippen LogP contribution < -0.4 is 14.2 Å². The van der Waals surface area contributed by atoms with Crippen molar-refractivity contribution in [2.75, 3.05) is 14.2 Å². The second-order valence-corrected chi connectivity index (χ2v) is 9.63. The quantitative estimate of drug-likeness (QED) is 0.160. The van der Waals surface area contributed by atoms with E-state index in [2.05, 4.69) is 27.0 Å². The minimum atomic E-state index is 0.222. The van der Waals surface area contributed by atoms with Gasteiger partial charge in [0, 0.05) is 17.3 Å². The van der Waals surface area contributed by atoms with Gasteiger partial charge in [-0.1, -0.05) is 42.5 Å². The van der Waals surface area contributed by atoms with Crippen molar-refractivity contribution in [3.63, 3.8) is 0 Å². The molecular formula is C33H25BrN2O4. The minimum Gasteiger partial charge on any atom is -0.497 e. The normalized spacial score (nSPS) is 10.8.